The monoisotopic (exact) mass is 298 g/mol. The summed E-state index contributed by atoms with van der Waals surface area (Å²) in [5.74, 6) is 0.795. The van der Waals surface area contributed by atoms with Crippen LogP contribution in [0.25, 0.3) is 0 Å². The smallest absolute Gasteiger partial charge is 0.303 e. The Morgan fingerprint density at radius 1 is 1.30 bits per heavy atom. The van der Waals surface area contributed by atoms with E-state index in [1.807, 2.05) is 0 Å². The third-order valence-electron chi connectivity index (χ3n) is 4.44. The predicted molar refractivity (Wildman–Crippen MR) is 83.1 cm³/mol. The second-order valence-corrected chi connectivity index (χ2v) is 7.25. The lowest BCUT2D eigenvalue weighted by atomic mass is 9.78. The van der Waals surface area contributed by atoms with Crippen molar-refractivity contribution in [1.82, 2.24) is 0 Å². The molecule has 2 fully saturated rings. The summed E-state index contributed by atoms with van der Waals surface area (Å²) >= 11 is 2.18. The molecule has 0 saturated carbocycles. The molecule has 2 aliphatic rings. The molecule has 2 aliphatic heterocycles. The zero-order chi connectivity index (χ0) is 14.4. The van der Waals surface area contributed by atoms with E-state index in [-0.39, 0.29) is 6.42 Å². The average molecular weight is 298 g/mol. The first kappa shape index (κ1) is 15.9. The fourth-order valence-electron chi connectivity index (χ4n) is 3.42. The van der Waals surface area contributed by atoms with Crippen molar-refractivity contribution in [3.63, 3.8) is 0 Å². The highest BCUT2D eigenvalue weighted by atomic mass is 32.2. The van der Waals surface area contributed by atoms with Crippen LogP contribution in [0.4, 0.5) is 0 Å². The molecule has 114 valence electrons. The lowest BCUT2D eigenvalue weighted by Gasteiger charge is -2.28. The van der Waals surface area contributed by atoms with Gasteiger partial charge in [-0.25, -0.2) is 0 Å². The zero-order valence-corrected chi connectivity index (χ0v) is 13.1. The van der Waals surface area contributed by atoms with Crippen molar-refractivity contribution in [2.75, 3.05) is 13.2 Å². The van der Waals surface area contributed by atoms with E-state index in [1.165, 1.54) is 12.8 Å². The van der Waals surface area contributed by atoms with Crippen molar-refractivity contribution in [2.24, 2.45) is 11.8 Å². The normalized spacial score (nSPS) is 32.2. The lowest BCUT2D eigenvalue weighted by molar-refractivity contribution is -0.137. The summed E-state index contributed by atoms with van der Waals surface area (Å²) in [7, 11) is 0. The van der Waals surface area contributed by atoms with E-state index >= 15 is 0 Å². The fraction of sp³-hybridized carbons (Fsp3) is 0.812. The van der Waals surface area contributed by atoms with Gasteiger partial charge in [0.05, 0.1) is 6.61 Å². The number of hydrogen-bond donors (Lipinski definition) is 1. The van der Waals surface area contributed by atoms with Crippen LogP contribution >= 0.6 is 11.8 Å². The molecule has 0 aromatic heterocycles. The molecule has 0 radical (unpaired) electrons. The molecule has 2 saturated heterocycles. The molecule has 0 aromatic carbocycles. The van der Waals surface area contributed by atoms with Crippen molar-refractivity contribution in [2.45, 2.75) is 55.9 Å². The molecule has 0 aromatic rings. The van der Waals surface area contributed by atoms with E-state index in [0.29, 0.717) is 0 Å². The number of carbonyl (C=O) groups is 1. The number of carboxylic acids is 1. The van der Waals surface area contributed by atoms with Crippen LogP contribution in [0.15, 0.2) is 12.2 Å². The van der Waals surface area contributed by atoms with Gasteiger partial charge in [0, 0.05) is 23.5 Å². The van der Waals surface area contributed by atoms with Crippen molar-refractivity contribution in [1.29, 1.82) is 0 Å². The summed E-state index contributed by atoms with van der Waals surface area (Å²) < 4.78 is 5.67. The van der Waals surface area contributed by atoms with Crippen LogP contribution in [-0.4, -0.2) is 34.8 Å². The maximum Gasteiger partial charge on any atom is 0.303 e. The van der Waals surface area contributed by atoms with Gasteiger partial charge in [-0.1, -0.05) is 12.2 Å². The third-order valence-corrected chi connectivity index (χ3v) is 6.31. The molecule has 4 atom stereocenters. The minimum atomic E-state index is -0.695. The van der Waals surface area contributed by atoms with Crippen LogP contribution < -0.4 is 0 Å². The number of carboxylic acid groups (broad SMARTS) is 1. The average Bonchev–Trinajstić information content (AvgIpc) is 3.01. The first-order valence-electron chi connectivity index (χ1n) is 7.82. The van der Waals surface area contributed by atoms with Crippen LogP contribution in [0.5, 0.6) is 0 Å². The van der Waals surface area contributed by atoms with Gasteiger partial charge in [-0.05, 0) is 50.9 Å². The molecule has 0 spiro atoms. The Labute approximate surface area is 126 Å². The van der Waals surface area contributed by atoms with Crippen molar-refractivity contribution < 1.29 is 14.6 Å². The van der Waals surface area contributed by atoms with Gasteiger partial charge in [-0.2, -0.15) is 11.8 Å². The molecule has 2 heterocycles. The van der Waals surface area contributed by atoms with Gasteiger partial charge in [0.2, 0.25) is 0 Å². The Bertz CT molecular complexity index is 343. The van der Waals surface area contributed by atoms with Crippen molar-refractivity contribution >= 4 is 17.7 Å². The number of thioether (sulfide) groups is 1. The maximum absolute atomic E-state index is 10.4. The standard InChI is InChI=1S/C16H26O3S/c1-2-19-11-13-12(14-9-10-15(13)20-14)7-5-3-4-6-8-16(17)18/h3,5,12-15H,2,4,6-11H2,1H3,(H,17,18)/b5-3-/t12-,13+,14-,15+/m1/s1. The van der Waals surface area contributed by atoms with E-state index in [1.54, 1.807) is 0 Å². The van der Waals surface area contributed by atoms with Gasteiger partial charge in [0.25, 0.3) is 0 Å². The minimum Gasteiger partial charge on any atom is -0.481 e. The number of fused-ring (bicyclic) bond motifs is 2. The molecule has 20 heavy (non-hydrogen) atoms. The van der Waals surface area contributed by atoms with Gasteiger partial charge in [-0.3, -0.25) is 4.79 Å². The molecule has 2 bridgehead atoms. The molecule has 0 unspecified atom stereocenters. The Morgan fingerprint density at radius 2 is 2.05 bits per heavy atom. The molecule has 3 nitrogen and oxygen atoms in total. The van der Waals surface area contributed by atoms with Gasteiger partial charge in [0.1, 0.15) is 0 Å². The molecule has 0 amide bonds. The first-order chi connectivity index (χ1) is 9.72. The quantitative estimate of drug-likeness (QED) is 0.520. The molecule has 2 rings (SSSR count). The number of hydrogen-bond acceptors (Lipinski definition) is 3. The number of rotatable bonds is 9. The minimum absolute atomic E-state index is 0.279. The molecule has 4 heteroatoms. The Hall–Kier alpha value is -0.480. The summed E-state index contributed by atoms with van der Waals surface area (Å²) in [6.45, 7) is 3.80. The molecular formula is C16H26O3S. The zero-order valence-electron chi connectivity index (χ0n) is 12.3. The van der Waals surface area contributed by atoms with Crippen LogP contribution in [-0.2, 0) is 9.53 Å². The summed E-state index contributed by atoms with van der Waals surface area (Å²) in [5.41, 5.74) is 0. The summed E-state index contributed by atoms with van der Waals surface area (Å²) in [6.07, 6.45) is 10.2. The second kappa shape index (κ2) is 8.08. The fourth-order valence-corrected chi connectivity index (χ4v) is 5.41. The Balaban J connectivity index is 1.72. The van der Waals surface area contributed by atoms with Crippen LogP contribution in [0, 0.1) is 11.8 Å². The molecular weight excluding hydrogens is 272 g/mol. The number of aliphatic carboxylic acids is 1. The van der Waals surface area contributed by atoms with Crippen molar-refractivity contribution in [3.8, 4) is 0 Å². The van der Waals surface area contributed by atoms with E-state index < -0.39 is 5.97 Å². The van der Waals surface area contributed by atoms with Crippen LogP contribution in [0.3, 0.4) is 0 Å². The second-order valence-electron chi connectivity index (χ2n) is 5.77. The number of allylic oxidation sites excluding steroid dienone is 2. The predicted octanol–water partition coefficient (Wildman–Crippen LogP) is 3.73. The highest BCUT2D eigenvalue weighted by Gasteiger charge is 2.47. The SMILES string of the molecule is CCOC[C@H]1[C@@H](C/C=C\CCCC(=O)O)[C@H]2CC[C@@H]1S2. The van der Waals surface area contributed by atoms with E-state index in [4.69, 9.17) is 9.84 Å². The highest BCUT2D eigenvalue weighted by molar-refractivity contribution is 8.01. The highest BCUT2D eigenvalue weighted by Crippen LogP contribution is 2.54. The largest absolute Gasteiger partial charge is 0.481 e. The van der Waals surface area contributed by atoms with Crippen LogP contribution in [0.1, 0.15) is 45.4 Å². The number of unbranched alkanes of at least 4 members (excludes halogenated alkanes) is 1. The van der Waals surface area contributed by atoms with Gasteiger partial charge >= 0.3 is 5.97 Å². The summed E-state index contributed by atoms with van der Waals surface area (Å²) in [4.78, 5) is 10.4. The van der Waals surface area contributed by atoms with E-state index in [2.05, 4.69) is 30.8 Å². The molecule has 0 aliphatic carbocycles. The Morgan fingerprint density at radius 3 is 2.75 bits per heavy atom. The first-order valence-corrected chi connectivity index (χ1v) is 8.76. The lowest BCUT2D eigenvalue weighted by Crippen LogP contribution is -2.30. The van der Waals surface area contributed by atoms with Crippen LogP contribution in [0.2, 0.25) is 0 Å². The summed E-state index contributed by atoms with van der Waals surface area (Å²) in [5, 5.41) is 10.2. The van der Waals surface area contributed by atoms with Gasteiger partial charge in [0.15, 0.2) is 0 Å². The topological polar surface area (TPSA) is 46.5 Å². The maximum atomic E-state index is 10.4. The van der Waals surface area contributed by atoms with Gasteiger partial charge < -0.3 is 9.84 Å². The van der Waals surface area contributed by atoms with Crippen molar-refractivity contribution in [3.05, 3.63) is 12.2 Å². The third kappa shape index (κ3) is 4.26. The van der Waals surface area contributed by atoms with E-state index in [0.717, 1.165) is 54.8 Å². The Kier molecular flexibility index (Phi) is 6.43. The number of ether oxygens (including phenoxy) is 1. The van der Waals surface area contributed by atoms with Gasteiger partial charge in [-0.15, -0.1) is 0 Å². The summed E-state index contributed by atoms with van der Waals surface area (Å²) in [6, 6.07) is 0. The molecule has 1 N–H and O–H groups in total. The van der Waals surface area contributed by atoms with E-state index in [9.17, 15) is 4.79 Å².